The Kier molecular flexibility index (Phi) is 8.01. The zero-order valence-corrected chi connectivity index (χ0v) is 18.3. The fourth-order valence-corrected chi connectivity index (χ4v) is 4.74. The summed E-state index contributed by atoms with van der Waals surface area (Å²) in [6.07, 6.45) is 2.13. The van der Waals surface area contributed by atoms with Gasteiger partial charge in [0.2, 0.25) is 15.9 Å². The number of rotatable bonds is 8. The number of hydrogen-bond acceptors (Lipinski definition) is 6. The summed E-state index contributed by atoms with van der Waals surface area (Å²) in [6.45, 7) is 2.30. The first kappa shape index (κ1) is 22.8. The number of carbonyl (C=O) groups excluding carboxylic acids is 1. The van der Waals surface area contributed by atoms with E-state index in [-0.39, 0.29) is 18.2 Å². The molecule has 1 aromatic heterocycles. The van der Waals surface area contributed by atoms with E-state index in [1.165, 1.54) is 16.1 Å². The molecule has 0 saturated carbocycles. The van der Waals surface area contributed by atoms with Gasteiger partial charge in [0, 0.05) is 45.8 Å². The first-order chi connectivity index (χ1) is 15.0. The molecule has 1 saturated heterocycles. The normalized spacial score (nSPS) is 15.6. The van der Waals surface area contributed by atoms with E-state index >= 15 is 0 Å². The summed E-state index contributed by atoms with van der Waals surface area (Å²) >= 11 is 0. The number of benzene rings is 1. The summed E-state index contributed by atoms with van der Waals surface area (Å²) in [5.41, 5.74) is 1.56. The van der Waals surface area contributed by atoms with Crippen LogP contribution in [-0.2, 0) is 27.0 Å². The molecule has 11 heteroatoms. The van der Waals surface area contributed by atoms with Crippen LogP contribution >= 0.6 is 0 Å². The predicted octanol–water partition coefficient (Wildman–Crippen LogP) is 0.0563. The maximum absolute atomic E-state index is 12.5. The maximum atomic E-state index is 12.5. The molecular weight excluding hydrogens is 420 g/mol. The number of sulfonamides is 1. The number of piperazine rings is 1. The highest BCUT2D eigenvalue weighted by Gasteiger charge is 2.29. The van der Waals surface area contributed by atoms with Crippen molar-refractivity contribution in [1.82, 2.24) is 25.0 Å². The lowest BCUT2D eigenvalue weighted by Gasteiger charge is -2.35. The zero-order chi connectivity index (χ0) is 22.1. The molecule has 1 aliphatic rings. The summed E-state index contributed by atoms with van der Waals surface area (Å²) in [5, 5.41) is 9.61. The zero-order valence-electron chi connectivity index (χ0n) is 17.5. The predicted molar refractivity (Wildman–Crippen MR) is 117 cm³/mol. The van der Waals surface area contributed by atoms with Crippen molar-refractivity contribution < 1.29 is 17.7 Å². The fourth-order valence-electron chi connectivity index (χ4n) is 3.31. The van der Waals surface area contributed by atoms with E-state index in [1.807, 2.05) is 35.2 Å². The monoisotopic (exact) mass is 448 g/mol. The second-order valence-electron chi connectivity index (χ2n) is 7.12. The smallest absolute Gasteiger partial charge is 0.239 e. The van der Waals surface area contributed by atoms with Crippen molar-refractivity contribution in [1.29, 1.82) is 0 Å². The lowest BCUT2D eigenvalue weighted by atomic mass is 10.1. The van der Waals surface area contributed by atoms with Gasteiger partial charge in [0.15, 0.2) is 5.96 Å². The molecule has 0 bridgehead atoms. The molecule has 168 valence electrons. The van der Waals surface area contributed by atoms with Crippen LogP contribution in [0.1, 0.15) is 11.3 Å². The van der Waals surface area contributed by atoms with Crippen molar-refractivity contribution in [3.05, 3.63) is 53.9 Å². The number of carbonyl (C=O) groups is 1. The van der Waals surface area contributed by atoms with Gasteiger partial charge in [-0.15, -0.1) is 0 Å². The van der Waals surface area contributed by atoms with Gasteiger partial charge in [-0.2, -0.15) is 4.31 Å². The van der Waals surface area contributed by atoms with Gasteiger partial charge < -0.3 is 20.1 Å². The molecule has 0 atom stereocenters. The Labute approximate surface area is 182 Å². The summed E-state index contributed by atoms with van der Waals surface area (Å²) in [6, 6.07) is 11.5. The molecule has 0 spiro atoms. The van der Waals surface area contributed by atoms with Crippen LogP contribution in [0.5, 0.6) is 0 Å². The van der Waals surface area contributed by atoms with E-state index in [4.69, 9.17) is 4.52 Å². The number of nitrogens with zero attached hydrogens (tertiary/aromatic N) is 4. The number of aliphatic imine (C=N–C) groups is 1. The van der Waals surface area contributed by atoms with Gasteiger partial charge in [-0.05, 0) is 12.0 Å². The molecule has 10 nitrogen and oxygen atoms in total. The summed E-state index contributed by atoms with van der Waals surface area (Å²) in [7, 11) is -1.82. The average molecular weight is 449 g/mol. The minimum Gasteiger partial charge on any atom is -0.364 e. The van der Waals surface area contributed by atoms with E-state index in [2.05, 4.69) is 20.8 Å². The summed E-state index contributed by atoms with van der Waals surface area (Å²) in [5.74, 6) is 0.275. The molecule has 2 heterocycles. The summed E-state index contributed by atoms with van der Waals surface area (Å²) in [4.78, 5) is 18.3. The molecule has 1 aliphatic heterocycles. The Morgan fingerprint density at radius 2 is 1.87 bits per heavy atom. The second-order valence-corrected chi connectivity index (χ2v) is 9.09. The van der Waals surface area contributed by atoms with Gasteiger partial charge in [-0.1, -0.05) is 35.5 Å². The van der Waals surface area contributed by atoms with Crippen LogP contribution in [-0.4, -0.2) is 81.0 Å². The van der Waals surface area contributed by atoms with Gasteiger partial charge in [0.25, 0.3) is 0 Å². The lowest BCUT2D eigenvalue weighted by molar-refractivity contribution is -0.120. The third-order valence-electron chi connectivity index (χ3n) is 4.95. The first-order valence-electron chi connectivity index (χ1n) is 10.1. The molecule has 1 amide bonds. The fraction of sp³-hybridized carbons (Fsp3) is 0.450. The van der Waals surface area contributed by atoms with Gasteiger partial charge in [0.05, 0.1) is 12.2 Å². The standard InChI is InChI=1S/C20H28N6O4S/c1-21-20(23-15-19(27)22-9-7-17-5-3-2-4-6-17)25-10-12-26(13-11-25)31(28,29)16-18-8-14-30-24-18/h2-6,8,14H,7,9-13,15-16H2,1H3,(H,21,23)(H,22,27). The van der Waals surface area contributed by atoms with Crippen LogP contribution < -0.4 is 10.6 Å². The van der Waals surface area contributed by atoms with Gasteiger partial charge in [0.1, 0.15) is 12.0 Å². The van der Waals surface area contributed by atoms with Crippen LogP contribution in [0.15, 0.2) is 52.2 Å². The Hall–Kier alpha value is -2.92. The van der Waals surface area contributed by atoms with Gasteiger partial charge in [-0.3, -0.25) is 9.79 Å². The number of guanidine groups is 1. The third-order valence-corrected chi connectivity index (χ3v) is 6.76. The van der Waals surface area contributed by atoms with Crippen molar-refractivity contribution in [2.75, 3.05) is 46.3 Å². The topological polar surface area (TPSA) is 120 Å². The summed E-state index contributed by atoms with van der Waals surface area (Å²) < 4.78 is 31.2. The number of aromatic nitrogens is 1. The highest BCUT2D eigenvalue weighted by Crippen LogP contribution is 2.12. The molecule has 0 aliphatic carbocycles. The molecule has 3 rings (SSSR count). The minimum atomic E-state index is -3.46. The quantitative estimate of drug-likeness (QED) is 0.433. The molecule has 1 aromatic carbocycles. The number of nitrogens with one attached hydrogen (secondary N) is 2. The van der Waals surface area contributed by atoms with Gasteiger partial charge in [-0.25, -0.2) is 8.42 Å². The largest absolute Gasteiger partial charge is 0.364 e. The van der Waals surface area contributed by atoms with Crippen LogP contribution in [0, 0.1) is 0 Å². The van der Waals surface area contributed by atoms with Crippen molar-refractivity contribution in [2.45, 2.75) is 12.2 Å². The Bertz CT molecular complexity index is 955. The van der Waals surface area contributed by atoms with Crippen LogP contribution in [0.3, 0.4) is 0 Å². The highest BCUT2D eigenvalue weighted by molar-refractivity contribution is 7.88. The lowest BCUT2D eigenvalue weighted by Crippen LogP contribution is -2.54. The molecule has 2 N–H and O–H groups in total. The van der Waals surface area contributed by atoms with Crippen LogP contribution in [0.25, 0.3) is 0 Å². The maximum Gasteiger partial charge on any atom is 0.239 e. The Balaban J connectivity index is 1.40. The second kappa shape index (κ2) is 10.9. The third kappa shape index (κ3) is 6.79. The molecule has 0 unspecified atom stereocenters. The Morgan fingerprint density at radius 3 is 2.52 bits per heavy atom. The van der Waals surface area contributed by atoms with E-state index in [0.29, 0.717) is 44.4 Å². The first-order valence-corrected chi connectivity index (χ1v) is 11.7. The Morgan fingerprint density at radius 1 is 1.13 bits per heavy atom. The highest BCUT2D eigenvalue weighted by atomic mass is 32.2. The van der Waals surface area contributed by atoms with E-state index in [1.54, 1.807) is 13.1 Å². The van der Waals surface area contributed by atoms with E-state index in [9.17, 15) is 13.2 Å². The number of amides is 1. The van der Waals surface area contributed by atoms with Gasteiger partial charge >= 0.3 is 0 Å². The number of hydrogen-bond donors (Lipinski definition) is 2. The molecular formula is C20H28N6O4S. The SMILES string of the molecule is CN=C(NCC(=O)NCCc1ccccc1)N1CCN(S(=O)(=O)Cc2ccon2)CC1. The molecule has 31 heavy (non-hydrogen) atoms. The average Bonchev–Trinajstić information content (AvgIpc) is 3.27. The minimum absolute atomic E-state index is 0.103. The molecule has 0 radical (unpaired) electrons. The van der Waals surface area contributed by atoms with Crippen molar-refractivity contribution in [2.24, 2.45) is 4.99 Å². The van der Waals surface area contributed by atoms with Crippen molar-refractivity contribution in [3.63, 3.8) is 0 Å². The van der Waals surface area contributed by atoms with E-state index < -0.39 is 10.0 Å². The van der Waals surface area contributed by atoms with Crippen molar-refractivity contribution in [3.8, 4) is 0 Å². The van der Waals surface area contributed by atoms with Crippen LogP contribution in [0.2, 0.25) is 0 Å². The molecule has 1 fully saturated rings. The molecule has 2 aromatic rings. The van der Waals surface area contributed by atoms with Crippen LogP contribution in [0.4, 0.5) is 0 Å². The van der Waals surface area contributed by atoms with E-state index in [0.717, 1.165) is 6.42 Å². The van der Waals surface area contributed by atoms with Crippen molar-refractivity contribution >= 4 is 21.9 Å².